The molecule has 3 amide bonds. The Labute approximate surface area is 226 Å². The predicted molar refractivity (Wildman–Crippen MR) is 134 cm³/mol. The first-order valence-corrected chi connectivity index (χ1v) is 12.4. The first-order valence-electron chi connectivity index (χ1n) is 12.0. The van der Waals surface area contributed by atoms with Crippen molar-refractivity contribution in [1.82, 2.24) is 25.5 Å². The Morgan fingerprint density at radius 2 is 2.00 bits per heavy atom. The Balaban J connectivity index is 1.40. The number of nitrogens with one attached hydrogen (secondary N) is 4. The number of carbonyl (C=O) groups excluding carboxylic acids is 3. The molecule has 2 aliphatic heterocycles. The van der Waals surface area contributed by atoms with Gasteiger partial charge in [0, 0.05) is 36.9 Å². The van der Waals surface area contributed by atoms with Gasteiger partial charge in [-0.1, -0.05) is 23.7 Å². The molecule has 4 rings (SSSR count). The Hall–Kier alpha value is -3.78. The molecular weight excluding hydrogens is 543 g/mol. The van der Waals surface area contributed by atoms with Gasteiger partial charge in [0.15, 0.2) is 0 Å². The monoisotopic (exact) mass is 567 g/mol. The van der Waals surface area contributed by atoms with E-state index in [4.69, 9.17) is 21.7 Å². The summed E-state index contributed by atoms with van der Waals surface area (Å²) < 4.78 is 42.5. The van der Waals surface area contributed by atoms with E-state index in [1.807, 2.05) is 0 Å². The van der Waals surface area contributed by atoms with Crippen LogP contribution in [-0.4, -0.2) is 76.4 Å². The van der Waals surface area contributed by atoms with Gasteiger partial charge in [0.1, 0.15) is 12.4 Å². The van der Waals surface area contributed by atoms with E-state index >= 15 is 0 Å². The van der Waals surface area contributed by atoms with Crippen molar-refractivity contribution in [3.63, 3.8) is 0 Å². The number of amidine groups is 1. The molecule has 1 fully saturated rings. The number of hydrogen-bond acceptors (Lipinski definition) is 8. The number of nitrogens with zero attached hydrogens (tertiary/aromatic N) is 3. The minimum atomic E-state index is -5.17. The van der Waals surface area contributed by atoms with Gasteiger partial charge < -0.3 is 25.6 Å². The van der Waals surface area contributed by atoms with Gasteiger partial charge in [0.2, 0.25) is 11.9 Å². The largest absolute Gasteiger partial charge is 0.471 e. The van der Waals surface area contributed by atoms with Crippen LogP contribution >= 0.6 is 11.6 Å². The number of halogens is 4. The second-order valence-electron chi connectivity index (χ2n) is 9.11. The molecular formula is C24H25ClF3N7O4. The van der Waals surface area contributed by atoms with Gasteiger partial charge in [0.05, 0.1) is 23.0 Å². The van der Waals surface area contributed by atoms with E-state index in [-0.39, 0.29) is 12.6 Å². The van der Waals surface area contributed by atoms with Crippen LogP contribution in [0.4, 0.5) is 19.1 Å². The molecule has 39 heavy (non-hydrogen) atoms. The van der Waals surface area contributed by atoms with Gasteiger partial charge in [-0.15, -0.1) is 0 Å². The summed E-state index contributed by atoms with van der Waals surface area (Å²) in [5.41, 5.74) is 2.03. The minimum absolute atomic E-state index is 0.132. The zero-order chi connectivity index (χ0) is 28.3. The second kappa shape index (κ2) is 11.5. The third-order valence-electron chi connectivity index (χ3n) is 6.21. The SMILES string of the molecule is CC(NC(=O)CN1Cc2ccc(-c3nc(NC4CCOCC4)ncc3Cl)cc2C1=O)C(=N)NC(=O)C(F)(F)F. The van der Waals surface area contributed by atoms with Crippen LogP contribution in [0.1, 0.15) is 35.7 Å². The van der Waals surface area contributed by atoms with Crippen LogP contribution in [-0.2, 0) is 20.9 Å². The van der Waals surface area contributed by atoms with Gasteiger partial charge in [-0.2, -0.15) is 13.2 Å². The lowest BCUT2D eigenvalue weighted by Crippen LogP contribution is -2.51. The van der Waals surface area contributed by atoms with Crippen molar-refractivity contribution in [2.45, 2.75) is 44.6 Å². The molecule has 1 unspecified atom stereocenters. The summed E-state index contributed by atoms with van der Waals surface area (Å²) in [6.45, 7) is 2.26. The molecule has 3 heterocycles. The molecule has 208 valence electrons. The summed E-state index contributed by atoms with van der Waals surface area (Å²) in [5, 5.41) is 14.8. The Kier molecular flexibility index (Phi) is 8.35. The highest BCUT2D eigenvalue weighted by Gasteiger charge is 2.39. The molecule has 4 N–H and O–H groups in total. The fraction of sp³-hybridized carbons (Fsp3) is 0.417. The third-order valence-corrected chi connectivity index (χ3v) is 6.49. The zero-order valence-electron chi connectivity index (χ0n) is 20.7. The summed E-state index contributed by atoms with van der Waals surface area (Å²) in [4.78, 5) is 46.5. The fourth-order valence-electron chi connectivity index (χ4n) is 4.13. The van der Waals surface area contributed by atoms with E-state index < -0.39 is 42.3 Å². The second-order valence-corrected chi connectivity index (χ2v) is 9.52. The van der Waals surface area contributed by atoms with Crippen molar-refractivity contribution in [1.29, 1.82) is 5.41 Å². The molecule has 15 heteroatoms. The number of fused-ring (bicyclic) bond motifs is 1. The quantitative estimate of drug-likeness (QED) is 0.297. The Bertz CT molecular complexity index is 1300. The fourth-order valence-corrected chi connectivity index (χ4v) is 4.33. The molecule has 0 saturated carbocycles. The van der Waals surface area contributed by atoms with Crippen molar-refractivity contribution in [2.24, 2.45) is 0 Å². The lowest BCUT2D eigenvalue weighted by molar-refractivity contribution is -0.172. The molecule has 0 spiro atoms. The van der Waals surface area contributed by atoms with E-state index in [1.165, 1.54) is 23.3 Å². The molecule has 0 radical (unpaired) electrons. The maximum Gasteiger partial charge on any atom is 0.471 e. The Morgan fingerprint density at radius 3 is 2.69 bits per heavy atom. The van der Waals surface area contributed by atoms with Crippen molar-refractivity contribution >= 4 is 41.1 Å². The smallest absolute Gasteiger partial charge is 0.381 e. The molecule has 2 aliphatic rings. The van der Waals surface area contributed by atoms with Gasteiger partial charge >= 0.3 is 12.1 Å². The highest BCUT2D eigenvalue weighted by Crippen LogP contribution is 2.31. The summed E-state index contributed by atoms with van der Waals surface area (Å²) >= 11 is 6.36. The summed E-state index contributed by atoms with van der Waals surface area (Å²) in [6, 6.07) is 4.07. The average Bonchev–Trinajstić information content (AvgIpc) is 3.19. The zero-order valence-corrected chi connectivity index (χ0v) is 21.4. The Morgan fingerprint density at radius 1 is 1.28 bits per heavy atom. The highest BCUT2D eigenvalue weighted by atomic mass is 35.5. The number of carbonyl (C=O) groups is 3. The first kappa shape index (κ1) is 28.2. The molecule has 1 aromatic heterocycles. The van der Waals surface area contributed by atoms with Crippen molar-refractivity contribution in [3.05, 3.63) is 40.5 Å². The van der Waals surface area contributed by atoms with Crippen LogP contribution in [0.2, 0.25) is 5.02 Å². The predicted octanol–water partition coefficient (Wildman–Crippen LogP) is 2.50. The van der Waals surface area contributed by atoms with E-state index in [9.17, 15) is 27.6 Å². The van der Waals surface area contributed by atoms with Crippen molar-refractivity contribution in [3.8, 4) is 11.3 Å². The number of amides is 3. The standard InChI is InChI=1S/C24H25ClF3N7O4/c1-12(20(29)34-22(38)24(26,27)28)31-18(36)11-35-10-14-3-2-13(8-16(14)21(35)37)19-17(25)9-30-23(33-19)32-15-4-6-39-7-5-15/h2-3,8-9,12,15H,4-7,10-11H2,1H3,(H,31,36)(H2,29,34,38)(H,30,32,33). The number of rotatable bonds is 7. The number of aromatic nitrogens is 2. The minimum Gasteiger partial charge on any atom is -0.381 e. The normalized spacial score (nSPS) is 16.4. The van der Waals surface area contributed by atoms with Gasteiger partial charge in [-0.3, -0.25) is 19.8 Å². The molecule has 1 aromatic carbocycles. The van der Waals surface area contributed by atoms with E-state index in [0.717, 1.165) is 12.8 Å². The number of alkyl halides is 3. The van der Waals surface area contributed by atoms with Crippen LogP contribution in [0.3, 0.4) is 0 Å². The number of benzene rings is 1. The topological polar surface area (TPSA) is 149 Å². The third kappa shape index (κ3) is 6.81. The van der Waals surface area contributed by atoms with Crippen molar-refractivity contribution in [2.75, 3.05) is 25.1 Å². The number of ether oxygens (including phenoxy) is 1. The maximum absolute atomic E-state index is 13.0. The summed E-state index contributed by atoms with van der Waals surface area (Å²) in [7, 11) is 0. The molecule has 1 saturated heterocycles. The van der Waals surface area contributed by atoms with E-state index in [2.05, 4.69) is 20.6 Å². The van der Waals surface area contributed by atoms with Crippen LogP contribution in [0.25, 0.3) is 11.3 Å². The van der Waals surface area contributed by atoms with Gasteiger partial charge in [-0.05, 0) is 31.4 Å². The number of hydrogen-bond donors (Lipinski definition) is 4. The van der Waals surface area contributed by atoms with Crippen molar-refractivity contribution < 1.29 is 32.3 Å². The molecule has 0 bridgehead atoms. The van der Waals surface area contributed by atoms with E-state index in [1.54, 1.807) is 18.2 Å². The van der Waals surface area contributed by atoms with E-state index in [0.29, 0.717) is 46.6 Å². The molecule has 11 nitrogen and oxygen atoms in total. The lowest BCUT2D eigenvalue weighted by Gasteiger charge is -2.23. The lowest BCUT2D eigenvalue weighted by atomic mass is 10.0. The molecule has 1 atom stereocenters. The van der Waals surface area contributed by atoms with Crippen LogP contribution in [0.15, 0.2) is 24.4 Å². The van der Waals surface area contributed by atoms with Gasteiger partial charge in [0.25, 0.3) is 5.91 Å². The number of anilines is 1. The summed E-state index contributed by atoms with van der Waals surface area (Å²) in [5.74, 6) is -3.89. The average molecular weight is 568 g/mol. The maximum atomic E-state index is 13.0. The highest BCUT2D eigenvalue weighted by molar-refractivity contribution is 6.33. The first-order chi connectivity index (χ1) is 18.4. The molecule has 0 aliphatic carbocycles. The molecule has 2 aromatic rings. The van der Waals surface area contributed by atoms with Crippen LogP contribution < -0.4 is 16.0 Å². The van der Waals surface area contributed by atoms with Crippen LogP contribution in [0.5, 0.6) is 0 Å². The van der Waals surface area contributed by atoms with Gasteiger partial charge in [-0.25, -0.2) is 9.97 Å². The van der Waals surface area contributed by atoms with Crippen LogP contribution in [0, 0.1) is 5.41 Å². The summed E-state index contributed by atoms with van der Waals surface area (Å²) in [6.07, 6.45) is -2.05.